The lowest BCUT2D eigenvalue weighted by atomic mass is 9.77. The van der Waals surface area contributed by atoms with Crippen LogP contribution in [0.2, 0.25) is 5.02 Å². The third-order valence-electron chi connectivity index (χ3n) is 6.83. The van der Waals surface area contributed by atoms with Crippen LogP contribution in [0.15, 0.2) is 24.3 Å². The van der Waals surface area contributed by atoms with Crippen molar-refractivity contribution in [1.82, 2.24) is 13.5 Å². The molecule has 0 radical (unpaired) electrons. The third-order valence-corrected chi connectivity index (χ3v) is 9.05. The Morgan fingerprint density at radius 1 is 0.968 bits per heavy atom. The molecular weight excluding hydrogens is 438 g/mol. The smallest absolute Gasteiger partial charge is 0.282 e. The second kappa shape index (κ2) is 8.98. The molecule has 1 aromatic carbocycles. The van der Waals surface area contributed by atoms with Crippen molar-refractivity contribution in [1.29, 1.82) is 0 Å². The number of benzene rings is 1. The van der Waals surface area contributed by atoms with E-state index < -0.39 is 15.6 Å². The molecule has 2 atom stereocenters. The van der Waals surface area contributed by atoms with Gasteiger partial charge >= 0.3 is 0 Å². The van der Waals surface area contributed by atoms with Crippen LogP contribution in [0.5, 0.6) is 0 Å². The van der Waals surface area contributed by atoms with Gasteiger partial charge in [-0.25, -0.2) is 0 Å². The van der Waals surface area contributed by atoms with Gasteiger partial charge in [0.1, 0.15) is 0 Å². The second-order valence-electron chi connectivity index (χ2n) is 9.07. The Balaban J connectivity index is 1.45. The van der Waals surface area contributed by atoms with Crippen LogP contribution in [0.1, 0.15) is 45.1 Å². The number of piperazine rings is 1. The molecule has 0 N–H and O–H groups in total. The quantitative estimate of drug-likeness (QED) is 0.679. The van der Waals surface area contributed by atoms with Crippen molar-refractivity contribution >= 4 is 27.7 Å². The molecule has 2 saturated heterocycles. The van der Waals surface area contributed by atoms with E-state index in [1.54, 1.807) is 0 Å². The first-order valence-electron chi connectivity index (χ1n) is 11.2. The monoisotopic (exact) mass is 469 g/mol. The Morgan fingerprint density at radius 2 is 1.52 bits per heavy atom. The van der Waals surface area contributed by atoms with E-state index in [1.165, 1.54) is 8.61 Å². The Hall–Kier alpha value is -1.19. The molecule has 0 bridgehead atoms. The van der Waals surface area contributed by atoms with Gasteiger partial charge in [-0.15, -0.1) is 0 Å². The summed E-state index contributed by atoms with van der Waals surface area (Å²) in [4.78, 5) is 15.5. The van der Waals surface area contributed by atoms with E-state index in [0.717, 1.165) is 31.2 Å². The topological polar surface area (TPSA) is 70.2 Å². The molecule has 9 heteroatoms. The normalized spacial score (nSPS) is 28.0. The first-order valence-corrected chi connectivity index (χ1v) is 13.0. The van der Waals surface area contributed by atoms with Crippen molar-refractivity contribution in [2.24, 2.45) is 0 Å². The van der Waals surface area contributed by atoms with E-state index in [1.807, 2.05) is 43.0 Å². The summed E-state index contributed by atoms with van der Waals surface area (Å²) >= 11 is 6.06. The fourth-order valence-electron chi connectivity index (χ4n) is 5.28. The Morgan fingerprint density at radius 3 is 2.06 bits per heavy atom. The van der Waals surface area contributed by atoms with E-state index in [9.17, 15) is 13.2 Å². The van der Waals surface area contributed by atoms with Crippen LogP contribution < -0.4 is 0 Å². The van der Waals surface area contributed by atoms with Gasteiger partial charge < -0.3 is 9.64 Å². The summed E-state index contributed by atoms with van der Waals surface area (Å²) in [6.45, 7) is 6.01. The molecule has 2 heterocycles. The minimum atomic E-state index is -3.56. The van der Waals surface area contributed by atoms with Gasteiger partial charge in [0.05, 0.1) is 17.6 Å². The van der Waals surface area contributed by atoms with Crippen molar-refractivity contribution in [3.05, 3.63) is 34.9 Å². The summed E-state index contributed by atoms with van der Waals surface area (Å²) < 4.78 is 35.0. The second-order valence-corrected chi connectivity index (χ2v) is 11.4. The van der Waals surface area contributed by atoms with Crippen LogP contribution in [0, 0.1) is 0 Å². The lowest BCUT2D eigenvalue weighted by Gasteiger charge is -2.42. The van der Waals surface area contributed by atoms with Crippen molar-refractivity contribution in [2.45, 2.75) is 57.2 Å². The van der Waals surface area contributed by atoms with Gasteiger partial charge in [0.15, 0.2) is 0 Å². The minimum Gasteiger partial charge on any atom is -0.373 e. The molecule has 3 aliphatic rings. The number of nitrogens with zero attached hydrogens (tertiary/aromatic N) is 3. The van der Waals surface area contributed by atoms with E-state index in [-0.39, 0.29) is 18.1 Å². The van der Waals surface area contributed by atoms with Crippen LogP contribution in [-0.4, -0.2) is 79.3 Å². The highest BCUT2D eigenvalue weighted by Crippen LogP contribution is 2.43. The molecule has 3 fully saturated rings. The molecule has 2 aliphatic heterocycles. The first-order chi connectivity index (χ1) is 14.7. The van der Waals surface area contributed by atoms with Crippen molar-refractivity contribution < 1.29 is 17.9 Å². The van der Waals surface area contributed by atoms with Gasteiger partial charge in [0.25, 0.3) is 10.2 Å². The highest BCUT2D eigenvalue weighted by molar-refractivity contribution is 7.86. The molecule has 0 aromatic heterocycles. The van der Waals surface area contributed by atoms with Gasteiger partial charge in [0.2, 0.25) is 5.91 Å². The standard InChI is InChI=1S/C22H32ClN3O4S/c1-17-15-26(16-18(2)30-17)31(28,29)25-13-11-24(12-14-25)21(27)22(9-3-4-10-22)19-5-7-20(23)8-6-19/h5-8,17-18H,3-4,9-16H2,1-2H3. The Labute approximate surface area is 190 Å². The van der Waals surface area contributed by atoms with Crippen LogP contribution >= 0.6 is 11.6 Å². The summed E-state index contributed by atoms with van der Waals surface area (Å²) in [5.41, 5.74) is 0.506. The molecule has 2 unspecified atom stereocenters. The molecule has 1 saturated carbocycles. The van der Waals surface area contributed by atoms with Crippen LogP contribution in [0.4, 0.5) is 0 Å². The van der Waals surface area contributed by atoms with E-state index in [4.69, 9.17) is 16.3 Å². The number of morpholine rings is 1. The number of carbonyl (C=O) groups is 1. The van der Waals surface area contributed by atoms with Crippen LogP contribution in [0.3, 0.4) is 0 Å². The highest BCUT2D eigenvalue weighted by Gasteiger charge is 2.46. The molecule has 0 spiro atoms. The predicted molar refractivity (Wildman–Crippen MR) is 120 cm³/mol. The van der Waals surface area contributed by atoms with E-state index in [2.05, 4.69) is 0 Å². The largest absolute Gasteiger partial charge is 0.373 e. The zero-order valence-electron chi connectivity index (χ0n) is 18.3. The van der Waals surface area contributed by atoms with Crippen molar-refractivity contribution in [3.63, 3.8) is 0 Å². The molecule has 31 heavy (non-hydrogen) atoms. The number of halogens is 1. The SMILES string of the molecule is CC1CN(S(=O)(=O)N2CCN(C(=O)C3(c4ccc(Cl)cc4)CCCC3)CC2)CC(C)O1. The Bertz CT molecular complexity index is 884. The first kappa shape index (κ1) is 23.0. The molecule has 4 rings (SSSR count). The molecule has 172 valence electrons. The van der Waals surface area contributed by atoms with Crippen LogP contribution in [0.25, 0.3) is 0 Å². The van der Waals surface area contributed by atoms with E-state index in [0.29, 0.717) is 44.3 Å². The molecule has 1 aliphatic carbocycles. The highest BCUT2D eigenvalue weighted by atomic mass is 35.5. The maximum absolute atomic E-state index is 13.6. The number of carbonyl (C=O) groups excluding carboxylic acids is 1. The lowest BCUT2D eigenvalue weighted by Crippen LogP contribution is -2.59. The number of hydrogen-bond acceptors (Lipinski definition) is 4. The number of ether oxygens (including phenoxy) is 1. The van der Waals surface area contributed by atoms with Gasteiger partial charge in [-0.2, -0.15) is 17.0 Å². The van der Waals surface area contributed by atoms with Gasteiger partial charge in [-0.05, 0) is 44.4 Å². The summed E-state index contributed by atoms with van der Waals surface area (Å²) in [7, 11) is -3.56. The van der Waals surface area contributed by atoms with Gasteiger partial charge in [0, 0.05) is 44.3 Å². The average molecular weight is 470 g/mol. The van der Waals surface area contributed by atoms with Gasteiger partial charge in [-0.3, -0.25) is 4.79 Å². The molecular formula is C22H32ClN3O4S. The lowest BCUT2D eigenvalue weighted by molar-refractivity contribution is -0.138. The summed E-state index contributed by atoms with van der Waals surface area (Å²) in [6, 6.07) is 7.62. The number of amides is 1. The summed E-state index contributed by atoms with van der Waals surface area (Å²) in [5.74, 6) is 0.123. The fraction of sp³-hybridized carbons (Fsp3) is 0.682. The van der Waals surface area contributed by atoms with Crippen molar-refractivity contribution in [2.75, 3.05) is 39.3 Å². The average Bonchev–Trinajstić information content (AvgIpc) is 3.24. The van der Waals surface area contributed by atoms with Gasteiger partial charge in [-0.1, -0.05) is 36.6 Å². The molecule has 1 aromatic rings. The Kier molecular flexibility index (Phi) is 6.66. The maximum Gasteiger partial charge on any atom is 0.282 e. The third kappa shape index (κ3) is 4.50. The number of hydrogen-bond donors (Lipinski definition) is 0. The molecule has 1 amide bonds. The fourth-order valence-corrected chi connectivity index (χ4v) is 7.15. The van der Waals surface area contributed by atoms with Crippen LogP contribution in [-0.2, 0) is 25.2 Å². The predicted octanol–water partition coefficient (Wildman–Crippen LogP) is 2.65. The number of rotatable bonds is 4. The molecule has 7 nitrogen and oxygen atoms in total. The minimum absolute atomic E-state index is 0.122. The summed E-state index contributed by atoms with van der Waals surface area (Å²) in [6.07, 6.45) is 3.46. The van der Waals surface area contributed by atoms with Crippen molar-refractivity contribution in [3.8, 4) is 0 Å². The zero-order chi connectivity index (χ0) is 22.2. The maximum atomic E-state index is 13.6. The zero-order valence-corrected chi connectivity index (χ0v) is 19.9. The van der Waals surface area contributed by atoms with E-state index >= 15 is 0 Å². The summed E-state index contributed by atoms with van der Waals surface area (Å²) in [5, 5.41) is 0.662.